The van der Waals surface area contributed by atoms with Gasteiger partial charge in [0.2, 0.25) is 8.87 Å². The number of esters is 1. The zero-order chi connectivity index (χ0) is 32.7. The van der Waals surface area contributed by atoms with E-state index in [1.165, 1.54) is 50.4 Å². The SMILES string of the molecule is CO/C(C)=C(\C(=O)OCc1ccc([N+](=O)[O-])cc1)N1C(=O)C(NC(=O)COc2ccccc2)C1SS(=O)(=O)c1ccc(C)cc1. The van der Waals surface area contributed by atoms with Gasteiger partial charge in [0.15, 0.2) is 12.3 Å². The number of nitro groups is 1. The molecule has 15 heteroatoms. The lowest BCUT2D eigenvalue weighted by molar-refractivity contribution is -0.384. The molecule has 1 N–H and O–H groups in total. The van der Waals surface area contributed by atoms with Gasteiger partial charge < -0.3 is 19.5 Å². The molecule has 1 heterocycles. The van der Waals surface area contributed by atoms with E-state index in [1.807, 2.05) is 0 Å². The second-order valence-corrected chi connectivity index (χ2v) is 13.7. The predicted octanol–water partition coefficient (Wildman–Crippen LogP) is 3.68. The molecule has 0 saturated carbocycles. The third-order valence-electron chi connectivity index (χ3n) is 6.60. The average Bonchev–Trinajstić information content (AvgIpc) is 3.03. The topological polar surface area (TPSA) is 171 Å². The van der Waals surface area contributed by atoms with Crippen molar-refractivity contribution in [1.82, 2.24) is 10.2 Å². The summed E-state index contributed by atoms with van der Waals surface area (Å²) in [5.41, 5.74) is 0.741. The first-order valence-electron chi connectivity index (χ1n) is 13.4. The third-order valence-corrected chi connectivity index (χ3v) is 10.3. The summed E-state index contributed by atoms with van der Waals surface area (Å²) in [5.74, 6) is -2.12. The Bertz CT molecular complexity index is 1710. The molecule has 3 aromatic carbocycles. The number of ether oxygens (including phenoxy) is 3. The van der Waals surface area contributed by atoms with Crippen LogP contribution in [0, 0.1) is 17.0 Å². The molecule has 0 radical (unpaired) electrons. The number of para-hydroxylation sites is 1. The van der Waals surface area contributed by atoms with E-state index in [1.54, 1.807) is 49.4 Å². The first-order valence-corrected chi connectivity index (χ1v) is 16.2. The standard InChI is InChI=1S/C30H29N3O10S2/c1-19-9-15-24(16-10-19)45(39,40)44-29-26(31-25(34)18-42-23-7-5-4-6-8-23)28(35)32(29)27(20(2)41-3)30(36)43-17-21-11-13-22(14-12-21)33(37)38/h4-16,26,29H,17-18H2,1-3H3,(H,31,34)/b27-20+. The number of nitrogens with zero attached hydrogens (tertiary/aromatic N) is 2. The Morgan fingerprint density at radius 3 is 2.27 bits per heavy atom. The number of hydrogen-bond acceptors (Lipinski definition) is 11. The number of hydrogen-bond donors (Lipinski definition) is 1. The van der Waals surface area contributed by atoms with Gasteiger partial charge in [0.05, 0.1) is 16.9 Å². The smallest absolute Gasteiger partial charge is 0.358 e. The number of benzene rings is 3. The van der Waals surface area contributed by atoms with Crippen molar-refractivity contribution in [1.29, 1.82) is 0 Å². The molecule has 2 amide bonds. The lowest BCUT2D eigenvalue weighted by Crippen LogP contribution is -2.70. The lowest BCUT2D eigenvalue weighted by Gasteiger charge is -2.46. The number of carbonyl (C=O) groups is 3. The Morgan fingerprint density at radius 2 is 1.67 bits per heavy atom. The highest BCUT2D eigenvalue weighted by molar-refractivity contribution is 8.72. The number of nitrogens with one attached hydrogen (secondary N) is 1. The molecule has 1 fully saturated rings. The summed E-state index contributed by atoms with van der Waals surface area (Å²) in [5, 5.41) is 12.2. The highest BCUT2D eigenvalue weighted by Gasteiger charge is 2.54. The third kappa shape index (κ3) is 7.99. The Balaban J connectivity index is 1.58. The second-order valence-electron chi connectivity index (χ2n) is 9.72. The molecule has 0 aliphatic carbocycles. The Kier molecular flexibility index (Phi) is 10.5. The van der Waals surface area contributed by atoms with Gasteiger partial charge in [0.25, 0.3) is 17.5 Å². The largest absolute Gasteiger partial charge is 0.499 e. The minimum absolute atomic E-state index is 0.0374. The Hall–Kier alpha value is -4.89. The summed E-state index contributed by atoms with van der Waals surface area (Å²) < 4.78 is 43.0. The van der Waals surface area contributed by atoms with Gasteiger partial charge in [-0.2, -0.15) is 0 Å². The van der Waals surface area contributed by atoms with E-state index in [0.717, 1.165) is 10.5 Å². The summed E-state index contributed by atoms with van der Waals surface area (Å²) in [6.45, 7) is 2.43. The maximum atomic E-state index is 13.5. The van der Waals surface area contributed by atoms with E-state index in [2.05, 4.69) is 5.32 Å². The maximum Gasteiger partial charge on any atom is 0.358 e. The van der Waals surface area contributed by atoms with E-state index in [-0.39, 0.29) is 28.6 Å². The van der Waals surface area contributed by atoms with Crippen LogP contribution in [0.5, 0.6) is 5.75 Å². The Labute approximate surface area is 262 Å². The fourth-order valence-electron chi connectivity index (χ4n) is 4.14. The van der Waals surface area contributed by atoms with Gasteiger partial charge >= 0.3 is 5.97 Å². The van der Waals surface area contributed by atoms with Gasteiger partial charge in [0, 0.05) is 22.9 Å². The van der Waals surface area contributed by atoms with Crippen molar-refractivity contribution in [3.05, 3.63) is 112 Å². The number of likely N-dealkylation sites (tertiary alicyclic amines) is 1. The van der Waals surface area contributed by atoms with Crippen LogP contribution in [-0.4, -0.2) is 61.2 Å². The monoisotopic (exact) mass is 655 g/mol. The number of rotatable bonds is 13. The van der Waals surface area contributed by atoms with Crippen LogP contribution in [0.25, 0.3) is 0 Å². The lowest BCUT2D eigenvalue weighted by atomic mass is 10.1. The predicted molar refractivity (Wildman–Crippen MR) is 163 cm³/mol. The fourth-order valence-corrected chi connectivity index (χ4v) is 7.61. The number of methoxy groups -OCH3 is 1. The fraction of sp³-hybridized carbons (Fsp3) is 0.233. The number of amides is 2. The molecule has 4 rings (SSSR count). The molecule has 236 valence electrons. The molecule has 13 nitrogen and oxygen atoms in total. The van der Waals surface area contributed by atoms with Crippen LogP contribution in [0.3, 0.4) is 0 Å². The van der Waals surface area contributed by atoms with Gasteiger partial charge in [-0.05, 0) is 55.8 Å². The first-order chi connectivity index (χ1) is 21.4. The van der Waals surface area contributed by atoms with Gasteiger partial charge in [0.1, 0.15) is 29.5 Å². The molecule has 1 aliphatic heterocycles. The van der Waals surface area contributed by atoms with Gasteiger partial charge in [-0.15, -0.1) is 0 Å². The van der Waals surface area contributed by atoms with Gasteiger partial charge in [-0.25, -0.2) is 13.2 Å². The number of aryl methyl sites for hydroxylation is 1. The van der Waals surface area contributed by atoms with Crippen LogP contribution in [0.1, 0.15) is 18.1 Å². The van der Waals surface area contributed by atoms with Crippen molar-refractivity contribution in [2.24, 2.45) is 0 Å². The molecule has 3 aromatic rings. The zero-order valence-corrected chi connectivity index (χ0v) is 26.0. The molecule has 0 spiro atoms. The molecule has 2 atom stereocenters. The van der Waals surface area contributed by atoms with Crippen LogP contribution in [-0.2, 0) is 39.3 Å². The molecule has 0 bridgehead atoms. The quantitative estimate of drug-likeness (QED) is 0.0542. The first kappa shape index (κ1) is 33.0. The maximum absolute atomic E-state index is 13.5. The van der Waals surface area contributed by atoms with Crippen LogP contribution < -0.4 is 10.1 Å². The number of non-ortho nitro benzene ring substituents is 1. The number of allylic oxidation sites excluding steroid dienone is 1. The normalized spacial score (nSPS) is 16.6. The minimum Gasteiger partial charge on any atom is -0.499 e. The van der Waals surface area contributed by atoms with E-state index in [0.29, 0.717) is 22.1 Å². The molecule has 2 unspecified atom stereocenters. The average molecular weight is 656 g/mol. The summed E-state index contributed by atoms with van der Waals surface area (Å²) in [6.07, 6.45) is 0. The van der Waals surface area contributed by atoms with Crippen molar-refractivity contribution in [2.45, 2.75) is 36.8 Å². The Morgan fingerprint density at radius 1 is 1.02 bits per heavy atom. The van der Waals surface area contributed by atoms with Gasteiger partial charge in [-0.1, -0.05) is 35.9 Å². The van der Waals surface area contributed by atoms with Crippen molar-refractivity contribution in [2.75, 3.05) is 13.7 Å². The highest BCUT2D eigenvalue weighted by Crippen LogP contribution is 2.40. The second kappa shape index (κ2) is 14.3. The van der Waals surface area contributed by atoms with Crippen LogP contribution in [0.2, 0.25) is 0 Å². The molecule has 1 aliphatic rings. The molecule has 45 heavy (non-hydrogen) atoms. The van der Waals surface area contributed by atoms with E-state index in [4.69, 9.17) is 14.2 Å². The highest BCUT2D eigenvalue weighted by atomic mass is 33.1. The number of nitro benzene ring substituents is 1. The van der Waals surface area contributed by atoms with Crippen molar-refractivity contribution in [3.63, 3.8) is 0 Å². The van der Waals surface area contributed by atoms with E-state index in [9.17, 15) is 32.9 Å². The van der Waals surface area contributed by atoms with Crippen molar-refractivity contribution < 1.29 is 41.9 Å². The number of β-lactam (4-membered cyclic amide) rings is 1. The summed E-state index contributed by atoms with van der Waals surface area (Å²) >= 11 is 0. The van der Waals surface area contributed by atoms with Gasteiger partial charge in [-0.3, -0.25) is 24.6 Å². The molecular formula is C30H29N3O10S2. The molecule has 0 aromatic heterocycles. The summed E-state index contributed by atoms with van der Waals surface area (Å²) in [4.78, 5) is 50.9. The van der Waals surface area contributed by atoms with E-state index < -0.39 is 49.6 Å². The molecular weight excluding hydrogens is 626 g/mol. The van der Waals surface area contributed by atoms with Crippen molar-refractivity contribution >= 4 is 43.1 Å². The number of carbonyl (C=O) groups excluding carboxylic acids is 3. The van der Waals surface area contributed by atoms with Crippen LogP contribution >= 0.6 is 10.8 Å². The minimum atomic E-state index is -4.11. The van der Waals surface area contributed by atoms with Crippen molar-refractivity contribution in [3.8, 4) is 5.75 Å². The summed E-state index contributed by atoms with van der Waals surface area (Å²) in [7, 11) is -2.47. The zero-order valence-electron chi connectivity index (χ0n) is 24.4. The van der Waals surface area contributed by atoms with Crippen LogP contribution in [0.4, 0.5) is 5.69 Å². The molecule has 1 saturated heterocycles. The summed E-state index contributed by atoms with van der Waals surface area (Å²) in [6, 6.07) is 18.5. The van der Waals surface area contributed by atoms with E-state index >= 15 is 0 Å². The van der Waals surface area contributed by atoms with Crippen LogP contribution in [0.15, 0.2) is 95.2 Å².